The Bertz CT molecular complexity index is 538. The number of carbonyl (C=O) groups excluding carboxylic acids is 1. The molecule has 1 amide bonds. The van der Waals surface area contributed by atoms with E-state index in [0.717, 1.165) is 25.4 Å². The van der Waals surface area contributed by atoms with Gasteiger partial charge in [-0.3, -0.25) is 4.79 Å². The van der Waals surface area contributed by atoms with Crippen molar-refractivity contribution in [2.75, 3.05) is 18.4 Å². The molecule has 0 aromatic carbocycles. The maximum absolute atomic E-state index is 12.2. The van der Waals surface area contributed by atoms with E-state index in [1.807, 2.05) is 0 Å². The Morgan fingerprint density at radius 2 is 2.24 bits per heavy atom. The minimum Gasteiger partial charge on any atom is -0.369 e. The number of halogens is 1. The fraction of sp³-hybridized carbons (Fsp3) is 0.625. The van der Waals surface area contributed by atoms with Crippen LogP contribution in [0.2, 0.25) is 5.02 Å². The summed E-state index contributed by atoms with van der Waals surface area (Å²) < 4.78 is 0. The van der Waals surface area contributed by atoms with Gasteiger partial charge in [-0.05, 0) is 49.5 Å². The largest absolute Gasteiger partial charge is 0.369 e. The molecule has 4 nitrogen and oxygen atoms in total. The van der Waals surface area contributed by atoms with Crippen molar-refractivity contribution >= 4 is 23.3 Å². The van der Waals surface area contributed by atoms with Gasteiger partial charge in [0, 0.05) is 19.3 Å². The van der Waals surface area contributed by atoms with Crippen LogP contribution < -0.4 is 10.6 Å². The van der Waals surface area contributed by atoms with Gasteiger partial charge in [0.2, 0.25) is 0 Å². The number of carbonyl (C=O) groups is 1. The molecule has 0 aliphatic heterocycles. The molecule has 2 saturated carbocycles. The molecule has 0 unspecified atom stereocenters. The molecule has 1 aromatic rings. The SMILES string of the molecule is CCCNc1ncc(C(=O)NCC2(C3CC3)CC2)cc1Cl. The molecule has 5 heteroatoms. The average Bonchev–Trinajstić information content (AvgIpc) is 3.36. The van der Waals surface area contributed by atoms with Crippen LogP contribution in [0.1, 0.15) is 49.4 Å². The number of anilines is 1. The smallest absolute Gasteiger partial charge is 0.252 e. The van der Waals surface area contributed by atoms with Crippen LogP contribution in [0.25, 0.3) is 0 Å². The molecule has 0 radical (unpaired) electrons. The van der Waals surface area contributed by atoms with Crippen molar-refractivity contribution in [3.8, 4) is 0 Å². The van der Waals surface area contributed by atoms with E-state index in [1.165, 1.54) is 25.7 Å². The zero-order chi connectivity index (χ0) is 14.9. The molecule has 1 aromatic heterocycles. The highest BCUT2D eigenvalue weighted by molar-refractivity contribution is 6.33. The third-order valence-corrected chi connectivity index (χ3v) is 4.87. The summed E-state index contributed by atoms with van der Waals surface area (Å²) in [7, 11) is 0. The second-order valence-corrected chi connectivity index (χ2v) is 6.71. The van der Waals surface area contributed by atoms with Crippen LogP contribution in [0.15, 0.2) is 12.3 Å². The lowest BCUT2D eigenvalue weighted by atomic mass is 10.0. The maximum atomic E-state index is 12.2. The van der Waals surface area contributed by atoms with Crippen LogP contribution in [0, 0.1) is 11.3 Å². The summed E-state index contributed by atoms with van der Waals surface area (Å²) in [6, 6.07) is 1.69. The fourth-order valence-electron chi connectivity index (χ4n) is 2.88. The fourth-order valence-corrected chi connectivity index (χ4v) is 3.11. The van der Waals surface area contributed by atoms with Crippen molar-refractivity contribution in [1.82, 2.24) is 10.3 Å². The molecule has 114 valence electrons. The molecule has 2 fully saturated rings. The number of aromatic nitrogens is 1. The van der Waals surface area contributed by atoms with Crippen LogP contribution in [0.3, 0.4) is 0 Å². The summed E-state index contributed by atoms with van der Waals surface area (Å²) in [5.74, 6) is 1.42. The molecular formula is C16H22ClN3O. The van der Waals surface area contributed by atoms with Crippen molar-refractivity contribution in [1.29, 1.82) is 0 Å². The predicted octanol–water partition coefficient (Wildman–Crippen LogP) is 3.48. The van der Waals surface area contributed by atoms with Gasteiger partial charge in [-0.25, -0.2) is 4.98 Å². The number of pyridine rings is 1. The number of hydrogen-bond donors (Lipinski definition) is 2. The first-order chi connectivity index (χ1) is 10.1. The van der Waals surface area contributed by atoms with Gasteiger partial charge in [-0.1, -0.05) is 18.5 Å². The second kappa shape index (κ2) is 5.84. The molecule has 2 N–H and O–H groups in total. The van der Waals surface area contributed by atoms with Crippen LogP contribution >= 0.6 is 11.6 Å². The molecule has 21 heavy (non-hydrogen) atoms. The van der Waals surface area contributed by atoms with E-state index >= 15 is 0 Å². The molecule has 2 aliphatic rings. The lowest BCUT2D eigenvalue weighted by molar-refractivity contribution is 0.0942. The summed E-state index contributed by atoms with van der Waals surface area (Å²) in [6.45, 7) is 3.70. The third kappa shape index (κ3) is 3.31. The van der Waals surface area contributed by atoms with Gasteiger partial charge < -0.3 is 10.6 Å². The van der Waals surface area contributed by atoms with Gasteiger partial charge in [0.05, 0.1) is 10.6 Å². The van der Waals surface area contributed by atoms with Crippen molar-refractivity contribution in [2.24, 2.45) is 11.3 Å². The van der Waals surface area contributed by atoms with E-state index in [2.05, 4.69) is 22.5 Å². The van der Waals surface area contributed by atoms with Gasteiger partial charge in [0.15, 0.2) is 0 Å². The molecule has 3 rings (SSSR count). The van der Waals surface area contributed by atoms with Crippen molar-refractivity contribution < 1.29 is 4.79 Å². The van der Waals surface area contributed by atoms with E-state index in [0.29, 0.717) is 21.8 Å². The zero-order valence-corrected chi connectivity index (χ0v) is 13.2. The Balaban J connectivity index is 1.58. The number of rotatable bonds is 7. The van der Waals surface area contributed by atoms with Crippen molar-refractivity contribution in [3.05, 3.63) is 22.8 Å². The Morgan fingerprint density at radius 3 is 2.81 bits per heavy atom. The molecule has 2 aliphatic carbocycles. The van der Waals surface area contributed by atoms with Gasteiger partial charge in [-0.2, -0.15) is 0 Å². The summed E-state index contributed by atoms with van der Waals surface area (Å²) in [5.41, 5.74) is 0.948. The molecule has 0 spiro atoms. The van der Waals surface area contributed by atoms with Gasteiger partial charge in [-0.15, -0.1) is 0 Å². The molecule has 0 atom stereocenters. The molecular weight excluding hydrogens is 286 g/mol. The van der Waals surface area contributed by atoms with E-state index in [1.54, 1.807) is 12.3 Å². The van der Waals surface area contributed by atoms with Crippen molar-refractivity contribution in [3.63, 3.8) is 0 Å². The third-order valence-electron chi connectivity index (χ3n) is 4.58. The first kappa shape index (κ1) is 14.6. The summed E-state index contributed by atoms with van der Waals surface area (Å²) in [4.78, 5) is 16.4. The highest BCUT2D eigenvalue weighted by atomic mass is 35.5. The summed E-state index contributed by atoms with van der Waals surface area (Å²) in [6.07, 6.45) is 7.79. The first-order valence-corrected chi connectivity index (χ1v) is 8.20. The lowest BCUT2D eigenvalue weighted by Gasteiger charge is -2.15. The van der Waals surface area contributed by atoms with Gasteiger partial charge >= 0.3 is 0 Å². The molecule has 1 heterocycles. The van der Waals surface area contributed by atoms with Crippen molar-refractivity contribution in [2.45, 2.75) is 39.0 Å². The number of hydrogen-bond acceptors (Lipinski definition) is 3. The molecule has 0 saturated heterocycles. The van der Waals surface area contributed by atoms with Crippen LogP contribution in [0.5, 0.6) is 0 Å². The topological polar surface area (TPSA) is 54.0 Å². The van der Waals surface area contributed by atoms with Gasteiger partial charge in [0.25, 0.3) is 5.91 Å². The Hall–Kier alpha value is -1.29. The standard InChI is InChI=1S/C16H22ClN3O/c1-2-7-18-14-13(17)8-11(9-19-14)15(21)20-10-16(5-6-16)12-3-4-12/h8-9,12H,2-7,10H2,1H3,(H,18,19)(H,20,21). The Labute approximate surface area is 130 Å². The van der Waals surface area contributed by atoms with Gasteiger partial charge in [0.1, 0.15) is 5.82 Å². The first-order valence-electron chi connectivity index (χ1n) is 7.82. The number of nitrogens with zero attached hydrogens (tertiary/aromatic N) is 1. The van der Waals surface area contributed by atoms with E-state index in [4.69, 9.17) is 11.6 Å². The normalized spacial score (nSPS) is 19.1. The monoisotopic (exact) mass is 307 g/mol. The Morgan fingerprint density at radius 1 is 1.48 bits per heavy atom. The van der Waals surface area contributed by atoms with Crippen LogP contribution in [0.4, 0.5) is 5.82 Å². The maximum Gasteiger partial charge on any atom is 0.252 e. The van der Waals surface area contributed by atoms with Crippen LogP contribution in [-0.2, 0) is 0 Å². The highest BCUT2D eigenvalue weighted by Gasteiger charge is 2.53. The number of nitrogens with one attached hydrogen (secondary N) is 2. The summed E-state index contributed by atoms with van der Waals surface area (Å²) >= 11 is 6.17. The predicted molar refractivity (Wildman–Crippen MR) is 84.8 cm³/mol. The van der Waals surface area contributed by atoms with Crippen LogP contribution in [-0.4, -0.2) is 24.0 Å². The Kier molecular flexibility index (Phi) is 4.07. The lowest BCUT2D eigenvalue weighted by Crippen LogP contribution is -2.31. The second-order valence-electron chi connectivity index (χ2n) is 6.30. The highest BCUT2D eigenvalue weighted by Crippen LogP contribution is 2.60. The minimum atomic E-state index is -0.0710. The van der Waals surface area contributed by atoms with E-state index < -0.39 is 0 Å². The zero-order valence-electron chi connectivity index (χ0n) is 12.4. The van der Waals surface area contributed by atoms with E-state index in [-0.39, 0.29) is 5.91 Å². The minimum absolute atomic E-state index is 0.0710. The quantitative estimate of drug-likeness (QED) is 0.811. The summed E-state index contributed by atoms with van der Waals surface area (Å²) in [5, 5.41) is 6.70. The number of amides is 1. The average molecular weight is 308 g/mol. The molecule has 0 bridgehead atoms. The van der Waals surface area contributed by atoms with E-state index in [9.17, 15) is 4.79 Å².